The van der Waals surface area contributed by atoms with Gasteiger partial charge in [0.1, 0.15) is 0 Å². The van der Waals surface area contributed by atoms with Crippen LogP contribution in [0, 0.1) is 0 Å². The molecule has 0 saturated heterocycles. The Kier molecular flexibility index (Phi) is 9.65. The maximum absolute atomic E-state index is 11.7. The minimum atomic E-state index is -1.06. The molecular weight excluding hydrogens is 391 g/mol. The molecule has 0 aliphatic rings. The van der Waals surface area contributed by atoms with Gasteiger partial charge in [0.2, 0.25) is 0 Å². The van der Waals surface area contributed by atoms with E-state index in [0.717, 1.165) is 5.57 Å². The third-order valence-corrected chi connectivity index (χ3v) is 4.16. The summed E-state index contributed by atoms with van der Waals surface area (Å²) >= 11 is 15.6. The third-order valence-electron chi connectivity index (χ3n) is 2.82. The number of ketones is 1. The number of halogens is 3. The average Bonchev–Trinajstić information content (AvgIpc) is 2.40. The number of carboxylic acids is 1. The van der Waals surface area contributed by atoms with Gasteiger partial charge in [0.15, 0.2) is 5.78 Å². The molecule has 6 heteroatoms. The zero-order chi connectivity index (χ0) is 17.3. The number of carboxylic acid groups (broad SMARTS) is 1. The van der Waals surface area contributed by atoms with E-state index in [1.807, 2.05) is 6.92 Å². The van der Waals surface area contributed by atoms with Gasteiger partial charge in [-0.1, -0.05) is 52.4 Å². The van der Waals surface area contributed by atoms with E-state index >= 15 is 0 Å². The van der Waals surface area contributed by atoms with Crippen LogP contribution in [0.15, 0.2) is 47.0 Å². The molecular formula is C16H19BrCl2O3. The third kappa shape index (κ3) is 8.57. The van der Waals surface area contributed by atoms with Gasteiger partial charge in [0.05, 0.1) is 16.7 Å². The minimum Gasteiger partial charge on any atom is -0.481 e. The maximum Gasteiger partial charge on any atom is 0.307 e. The van der Waals surface area contributed by atoms with Gasteiger partial charge in [-0.3, -0.25) is 9.59 Å². The molecule has 0 aliphatic carbocycles. The zero-order valence-corrected chi connectivity index (χ0v) is 15.6. The molecule has 122 valence electrons. The second-order valence-electron chi connectivity index (χ2n) is 4.95. The van der Waals surface area contributed by atoms with Crippen molar-refractivity contribution in [3.63, 3.8) is 0 Å². The summed E-state index contributed by atoms with van der Waals surface area (Å²) < 4.78 is 0. The van der Waals surface area contributed by atoms with Crippen LogP contribution in [0.4, 0.5) is 0 Å². The van der Waals surface area contributed by atoms with E-state index in [2.05, 4.69) is 22.5 Å². The highest BCUT2D eigenvalue weighted by Crippen LogP contribution is 2.27. The number of Topliss-reactive ketones (excluding diaryl/α,β-unsaturated/α-hetero) is 1. The lowest BCUT2D eigenvalue weighted by molar-refractivity contribution is -0.136. The first-order chi connectivity index (χ1) is 10.1. The fourth-order valence-corrected chi connectivity index (χ4v) is 2.37. The summed E-state index contributed by atoms with van der Waals surface area (Å²) in [5, 5.41) is 8.17. The van der Waals surface area contributed by atoms with Crippen LogP contribution in [-0.4, -0.2) is 27.1 Å². The summed E-state index contributed by atoms with van der Waals surface area (Å²) in [4.78, 5) is 23.1. The van der Waals surface area contributed by atoms with E-state index in [1.54, 1.807) is 36.2 Å². The second-order valence-corrected chi connectivity index (χ2v) is 6.77. The summed E-state index contributed by atoms with van der Waals surface area (Å²) in [6.45, 7) is 7.07. The van der Waals surface area contributed by atoms with Crippen LogP contribution in [0.25, 0.3) is 0 Å². The Morgan fingerprint density at radius 3 is 2.55 bits per heavy atom. The van der Waals surface area contributed by atoms with Crippen LogP contribution in [-0.2, 0) is 9.59 Å². The largest absolute Gasteiger partial charge is 0.481 e. The van der Waals surface area contributed by atoms with Gasteiger partial charge >= 0.3 is 5.97 Å². The molecule has 0 amide bonds. The minimum absolute atomic E-state index is 0.0894. The van der Waals surface area contributed by atoms with Gasteiger partial charge in [-0.05, 0) is 24.4 Å². The summed E-state index contributed by atoms with van der Waals surface area (Å²) in [5.74, 6) is -1.35. The predicted molar refractivity (Wildman–Crippen MR) is 95.9 cm³/mol. The van der Waals surface area contributed by atoms with Gasteiger partial charge in [-0.15, -0.1) is 23.2 Å². The van der Waals surface area contributed by atoms with Crippen molar-refractivity contribution in [3.8, 4) is 0 Å². The molecule has 1 N–H and O–H groups in total. The molecule has 3 nitrogen and oxygen atoms in total. The molecule has 0 aliphatic heterocycles. The fourth-order valence-electron chi connectivity index (χ4n) is 1.39. The normalized spacial score (nSPS) is 16.7. The van der Waals surface area contributed by atoms with E-state index < -0.39 is 16.2 Å². The Balaban J connectivity index is 4.63. The summed E-state index contributed by atoms with van der Waals surface area (Å²) in [5.41, 5.74) is 0.920. The van der Waals surface area contributed by atoms with Crippen molar-refractivity contribution in [1.82, 2.24) is 0 Å². The molecule has 2 unspecified atom stereocenters. The number of hydrogen-bond acceptors (Lipinski definition) is 2. The Morgan fingerprint density at radius 1 is 1.45 bits per heavy atom. The lowest BCUT2D eigenvalue weighted by Gasteiger charge is -2.20. The zero-order valence-electron chi connectivity index (χ0n) is 12.5. The van der Waals surface area contributed by atoms with Crippen LogP contribution in [0.2, 0.25) is 0 Å². The van der Waals surface area contributed by atoms with Crippen molar-refractivity contribution in [2.75, 3.05) is 0 Å². The van der Waals surface area contributed by atoms with Crippen molar-refractivity contribution >= 4 is 50.9 Å². The SMILES string of the molecule is C=C(CC(=O)O)C(=O)C/C=C(C)/C=C/C(Cl)C(C)(Cl)/C=C/Br. The topological polar surface area (TPSA) is 54.4 Å². The highest BCUT2D eigenvalue weighted by atomic mass is 79.9. The molecule has 0 radical (unpaired) electrons. The van der Waals surface area contributed by atoms with Gasteiger partial charge < -0.3 is 5.11 Å². The van der Waals surface area contributed by atoms with E-state index in [0.29, 0.717) is 0 Å². The lowest BCUT2D eigenvalue weighted by atomic mass is 10.0. The number of rotatable bonds is 9. The quantitative estimate of drug-likeness (QED) is 0.331. The monoisotopic (exact) mass is 408 g/mol. The van der Waals surface area contributed by atoms with E-state index in [4.69, 9.17) is 28.3 Å². The van der Waals surface area contributed by atoms with Crippen molar-refractivity contribution < 1.29 is 14.7 Å². The lowest BCUT2D eigenvalue weighted by Crippen LogP contribution is -2.24. The summed E-state index contributed by atoms with van der Waals surface area (Å²) in [7, 11) is 0. The Hall–Kier alpha value is -0.840. The Morgan fingerprint density at radius 2 is 2.05 bits per heavy atom. The van der Waals surface area contributed by atoms with Crippen LogP contribution in [0.5, 0.6) is 0 Å². The second kappa shape index (κ2) is 10.0. The first-order valence-corrected chi connectivity index (χ1v) is 8.21. The van der Waals surface area contributed by atoms with Gasteiger partial charge in [0, 0.05) is 6.42 Å². The fraction of sp³-hybridized carbons (Fsp3) is 0.375. The number of carbonyl (C=O) groups is 2. The molecule has 0 aromatic rings. The standard InChI is InChI=1S/C16H19BrCl2O3/c1-11(4-6-13(20)12(2)10-15(21)22)5-7-14(18)16(3,19)8-9-17/h4-5,7-9,14H,2,6,10H2,1,3H3,(H,21,22)/b7-5+,9-8+,11-4+. The van der Waals surface area contributed by atoms with E-state index in [1.165, 1.54) is 0 Å². The Labute approximate surface area is 149 Å². The van der Waals surface area contributed by atoms with Gasteiger partial charge in [-0.2, -0.15) is 0 Å². The highest BCUT2D eigenvalue weighted by molar-refractivity contribution is 9.11. The molecule has 0 aromatic carbocycles. The number of alkyl halides is 2. The number of carbonyl (C=O) groups excluding carboxylic acids is 1. The van der Waals surface area contributed by atoms with E-state index in [-0.39, 0.29) is 24.2 Å². The first kappa shape index (κ1) is 21.2. The average molecular weight is 410 g/mol. The van der Waals surface area contributed by atoms with Crippen LogP contribution in [0.3, 0.4) is 0 Å². The smallest absolute Gasteiger partial charge is 0.307 e. The molecule has 22 heavy (non-hydrogen) atoms. The maximum atomic E-state index is 11.7. The molecule has 0 bridgehead atoms. The van der Waals surface area contributed by atoms with Crippen molar-refractivity contribution in [1.29, 1.82) is 0 Å². The molecule has 0 fully saturated rings. The van der Waals surface area contributed by atoms with Crippen molar-refractivity contribution in [2.24, 2.45) is 0 Å². The molecule has 0 heterocycles. The molecule has 0 aromatic heterocycles. The highest BCUT2D eigenvalue weighted by Gasteiger charge is 2.25. The van der Waals surface area contributed by atoms with Crippen molar-refractivity contribution in [3.05, 3.63) is 47.0 Å². The predicted octanol–water partition coefficient (Wildman–Crippen LogP) is 4.99. The molecule has 0 spiro atoms. The van der Waals surface area contributed by atoms with Gasteiger partial charge in [-0.25, -0.2) is 0 Å². The van der Waals surface area contributed by atoms with Gasteiger partial charge in [0.25, 0.3) is 0 Å². The Bertz CT molecular complexity index is 519. The van der Waals surface area contributed by atoms with Crippen molar-refractivity contribution in [2.45, 2.75) is 36.9 Å². The van der Waals surface area contributed by atoms with Crippen LogP contribution < -0.4 is 0 Å². The first-order valence-electron chi connectivity index (χ1n) is 6.48. The van der Waals surface area contributed by atoms with E-state index in [9.17, 15) is 9.59 Å². The number of aliphatic carboxylic acids is 1. The summed E-state index contributed by atoms with van der Waals surface area (Å²) in [6, 6.07) is 0. The summed E-state index contributed by atoms with van der Waals surface area (Å²) in [6.07, 6.45) is 6.71. The number of allylic oxidation sites excluding steroid dienone is 5. The number of hydrogen-bond donors (Lipinski definition) is 1. The molecule has 0 rings (SSSR count). The van der Waals surface area contributed by atoms with Crippen LogP contribution >= 0.6 is 39.1 Å². The molecule has 0 saturated carbocycles. The van der Waals surface area contributed by atoms with Crippen LogP contribution in [0.1, 0.15) is 26.7 Å². The molecule has 2 atom stereocenters.